The zero-order valence-electron chi connectivity index (χ0n) is 13.6. The van der Waals surface area contributed by atoms with Gasteiger partial charge in [0.25, 0.3) is 11.1 Å². The Hall–Kier alpha value is -3.41. The van der Waals surface area contributed by atoms with Crippen molar-refractivity contribution in [1.29, 1.82) is 0 Å². The Balaban J connectivity index is 0.000000186. The molecule has 0 amide bonds. The first-order chi connectivity index (χ1) is 11.6. The molecule has 0 saturated heterocycles. The van der Waals surface area contributed by atoms with Crippen LogP contribution < -0.4 is 22.5 Å². The number of rotatable bonds is 2. The lowest BCUT2D eigenvalue weighted by Gasteiger charge is -2.02. The van der Waals surface area contributed by atoms with Crippen LogP contribution >= 0.6 is 0 Å². The average molecular weight is 352 g/mol. The molecule has 0 aromatic carbocycles. The van der Waals surface area contributed by atoms with Gasteiger partial charge in [0.05, 0.1) is 6.33 Å². The number of aryl methyl sites for hydroxylation is 2. The second-order valence-corrected chi connectivity index (χ2v) is 5.16. The third-order valence-electron chi connectivity index (χ3n) is 3.43. The van der Waals surface area contributed by atoms with Crippen molar-refractivity contribution in [3.63, 3.8) is 0 Å². The highest BCUT2D eigenvalue weighted by molar-refractivity contribution is 5.74. The highest BCUT2D eigenvalue weighted by Gasteiger charge is 2.18. The minimum absolute atomic E-state index is 0.0810. The fraction of sp³-hybridized carbons (Fsp3) is 0.308. The lowest BCUT2D eigenvalue weighted by Crippen LogP contribution is -2.37. The van der Waals surface area contributed by atoms with Gasteiger partial charge in [-0.2, -0.15) is 5.16 Å². The summed E-state index contributed by atoms with van der Waals surface area (Å²) in [7, 11) is 4.77. The van der Waals surface area contributed by atoms with Crippen molar-refractivity contribution >= 4 is 17.1 Å². The Bertz CT molecular complexity index is 1100. The number of hydrogen-bond donors (Lipinski definition) is 3. The molecule has 1 unspecified atom stereocenters. The van der Waals surface area contributed by atoms with Crippen LogP contribution in [0.3, 0.4) is 0 Å². The van der Waals surface area contributed by atoms with E-state index in [-0.39, 0.29) is 17.0 Å². The number of carboxylic acids is 1. The van der Waals surface area contributed by atoms with E-state index in [4.69, 9.17) is 10.8 Å². The monoisotopic (exact) mass is 352 g/mol. The van der Waals surface area contributed by atoms with Crippen LogP contribution in [0.15, 0.2) is 31.3 Å². The molecule has 0 aliphatic carbocycles. The maximum atomic E-state index is 11.7. The number of hydrogen-bond acceptors (Lipinski definition) is 7. The number of imidazole rings is 1. The van der Waals surface area contributed by atoms with E-state index in [0.29, 0.717) is 11.2 Å². The highest BCUT2D eigenvalue weighted by atomic mass is 16.5. The summed E-state index contributed by atoms with van der Waals surface area (Å²) >= 11 is 0. The van der Waals surface area contributed by atoms with Crippen LogP contribution in [0.2, 0.25) is 0 Å². The van der Waals surface area contributed by atoms with Crippen LogP contribution in [0, 0.1) is 0 Å². The number of fused-ring (bicyclic) bond motifs is 1. The number of nitrogens with two attached hydrogens (primary N) is 1. The Morgan fingerprint density at radius 3 is 2.44 bits per heavy atom. The quantitative estimate of drug-likeness (QED) is 0.476. The molecule has 1 atom stereocenters. The van der Waals surface area contributed by atoms with E-state index in [0.717, 1.165) is 10.6 Å². The SMILES string of the molecule is Cn1c(=O)c2c(ncn2C)n(C)c1=O.NC(C(=O)O)c1cc(=O)[nH]o1. The number of nitrogens with one attached hydrogen (secondary N) is 1. The van der Waals surface area contributed by atoms with Gasteiger partial charge < -0.3 is 19.9 Å². The molecule has 0 bridgehead atoms. The van der Waals surface area contributed by atoms with Gasteiger partial charge in [-0.05, 0) is 0 Å². The summed E-state index contributed by atoms with van der Waals surface area (Å²) in [6.45, 7) is 0. The Kier molecular flexibility index (Phi) is 4.74. The first-order valence-corrected chi connectivity index (χ1v) is 6.89. The number of aromatic nitrogens is 5. The van der Waals surface area contributed by atoms with Gasteiger partial charge in [0.1, 0.15) is 0 Å². The number of H-pyrrole nitrogens is 1. The van der Waals surface area contributed by atoms with E-state index in [2.05, 4.69) is 9.51 Å². The van der Waals surface area contributed by atoms with Gasteiger partial charge in [0.2, 0.25) is 0 Å². The van der Waals surface area contributed by atoms with Crippen LogP contribution in [-0.4, -0.2) is 34.9 Å². The molecule has 12 nitrogen and oxygen atoms in total. The Labute approximate surface area is 138 Å². The minimum atomic E-state index is -1.28. The second kappa shape index (κ2) is 6.60. The van der Waals surface area contributed by atoms with Gasteiger partial charge in [-0.3, -0.25) is 23.5 Å². The van der Waals surface area contributed by atoms with Crippen molar-refractivity contribution in [3.8, 4) is 0 Å². The van der Waals surface area contributed by atoms with Crippen molar-refractivity contribution in [2.75, 3.05) is 0 Å². The molecule has 25 heavy (non-hydrogen) atoms. The summed E-state index contributed by atoms with van der Waals surface area (Å²) in [5.74, 6) is -1.32. The number of nitrogens with zero attached hydrogens (tertiary/aromatic N) is 4. The summed E-state index contributed by atoms with van der Waals surface area (Å²) in [6, 6.07) is -0.285. The molecule has 134 valence electrons. The smallest absolute Gasteiger partial charge is 0.332 e. The molecule has 12 heteroatoms. The van der Waals surface area contributed by atoms with E-state index in [1.54, 1.807) is 18.7 Å². The predicted molar refractivity (Wildman–Crippen MR) is 85.1 cm³/mol. The lowest BCUT2D eigenvalue weighted by molar-refractivity contribution is -0.139. The first-order valence-electron chi connectivity index (χ1n) is 6.89. The molecule has 0 fully saturated rings. The molecule has 0 aliphatic rings. The molecule has 0 spiro atoms. The maximum Gasteiger partial charge on any atom is 0.332 e. The normalized spacial score (nSPS) is 11.8. The molecule has 0 saturated carbocycles. The van der Waals surface area contributed by atoms with Gasteiger partial charge in [-0.15, -0.1) is 0 Å². The number of carboxylic acid groups (broad SMARTS) is 1. The standard InChI is InChI=1S/C8H10N4O2.C5H6N2O4/c1-10-4-9-6-5(10)7(13)12(3)8(14)11(6)2;6-4(5(9)10)2-1-3(8)7-11-2/h4H,1-3H3;1,4H,6H2,(H,7,8)(H,9,10). The van der Waals surface area contributed by atoms with E-state index < -0.39 is 17.6 Å². The van der Waals surface area contributed by atoms with E-state index in [9.17, 15) is 19.2 Å². The average Bonchev–Trinajstić information content (AvgIpc) is 3.16. The van der Waals surface area contributed by atoms with Crippen molar-refractivity contribution in [2.45, 2.75) is 6.04 Å². The summed E-state index contributed by atoms with van der Waals surface area (Å²) in [5, 5.41) is 10.3. The minimum Gasteiger partial charge on any atom is -0.480 e. The molecular formula is C13H16N6O6. The molecule has 3 heterocycles. The van der Waals surface area contributed by atoms with Crippen molar-refractivity contribution in [2.24, 2.45) is 26.9 Å². The summed E-state index contributed by atoms with van der Waals surface area (Å²) in [6.07, 6.45) is 1.52. The van der Waals surface area contributed by atoms with Crippen molar-refractivity contribution in [3.05, 3.63) is 49.3 Å². The maximum absolute atomic E-state index is 11.7. The fourth-order valence-electron chi connectivity index (χ4n) is 2.04. The number of carbonyl (C=O) groups is 1. The molecule has 0 radical (unpaired) electrons. The fourth-order valence-corrected chi connectivity index (χ4v) is 2.04. The van der Waals surface area contributed by atoms with Crippen molar-refractivity contribution in [1.82, 2.24) is 23.8 Å². The topological polar surface area (TPSA) is 171 Å². The molecule has 3 aromatic rings. The van der Waals surface area contributed by atoms with Crippen LogP contribution in [0.1, 0.15) is 11.8 Å². The zero-order chi connectivity index (χ0) is 18.9. The van der Waals surface area contributed by atoms with Gasteiger partial charge >= 0.3 is 11.7 Å². The van der Waals surface area contributed by atoms with Gasteiger partial charge in [-0.25, -0.2) is 9.78 Å². The van der Waals surface area contributed by atoms with Gasteiger partial charge in [0.15, 0.2) is 23.0 Å². The number of aromatic amines is 1. The molecule has 3 rings (SSSR count). The lowest BCUT2D eigenvalue weighted by atomic mass is 10.2. The van der Waals surface area contributed by atoms with Crippen LogP contribution in [0.25, 0.3) is 11.2 Å². The summed E-state index contributed by atoms with van der Waals surface area (Å²) < 4.78 is 8.48. The van der Waals surface area contributed by atoms with Crippen LogP contribution in [-0.2, 0) is 25.9 Å². The van der Waals surface area contributed by atoms with Crippen LogP contribution in [0.4, 0.5) is 0 Å². The predicted octanol–water partition coefficient (Wildman–Crippen LogP) is -1.98. The largest absolute Gasteiger partial charge is 0.480 e. The highest BCUT2D eigenvalue weighted by Crippen LogP contribution is 2.05. The molecular weight excluding hydrogens is 336 g/mol. The van der Waals surface area contributed by atoms with E-state index in [1.807, 2.05) is 5.16 Å². The third-order valence-corrected chi connectivity index (χ3v) is 3.43. The van der Waals surface area contributed by atoms with E-state index in [1.165, 1.54) is 17.9 Å². The van der Waals surface area contributed by atoms with Gasteiger partial charge in [-0.1, -0.05) is 0 Å². The third kappa shape index (κ3) is 3.28. The van der Waals surface area contributed by atoms with Gasteiger partial charge in [0, 0.05) is 27.2 Å². The van der Waals surface area contributed by atoms with E-state index >= 15 is 0 Å². The number of aliphatic carboxylic acids is 1. The zero-order valence-corrected chi connectivity index (χ0v) is 13.6. The summed E-state index contributed by atoms with van der Waals surface area (Å²) in [5.41, 5.74) is 4.78. The first kappa shape index (κ1) is 17.9. The summed E-state index contributed by atoms with van der Waals surface area (Å²) in [4.78, 5) is 47.8. The van der Waals surface area contributed by atoms with Crippen molar-refractivity contribution < 1.29 is 14.4 Å². The molecule has 4 N–H and O–H groups in total. The molecule has 0 aliphatic heterocycles. The Morgan fingerprint density at radius 1 is 1.28 bits per heavy atom. The Morgan fingerprint density at radius 2 is 1.92 bits per heavy atom. The van der Waals surface area contributed by atoms with Crippen LogP contribution in [0.5, 0.6) is 0 Å². The second-order valence-electron chi connectivity index (χ2n) is 5.16. The molecule has 3 aromatic heterocycles.